The highest BCUT2D eigenvalue weighted by Crippen LogP contribution is 2.21. The Kier molecular flexibility index (Phi) is 6.52. The van der Waals surface area contributed by atoms with Gasteiger partial charge in [-0.3, -0.25) is 4.79 Å². The molecule has 3 unspecified atom stereocenters. The lowest BCUT2D eigenvalue weighted by atomic mass is 9.92. The van der Waals surface area contributed by atoms with Gasteiger partial charge in [0.1, 0.15) is 0 Å². The van der Waals surface area contributed by atoms with E-state index >= 15 is 0 Å². The highest BCUT2D eigenvalue weighted by atomic mass is 16.5. The molecule has 0 aromatic carbocycles. The molecule has 4 heteroatoms. The maximum Gasteiger partial charge on any atom is 0.236 e. The first-order valence-corrected chi connectivity index (χ1v) is 6.75. The number of rotatable bonds is 6. The molecule has 1 rings (SSSR count). The topological polar surface area (TPSA) is 50.4 Å². The number of carbonyl (C=O) groups is 1. The van der Waals surface area contributed by atoms with Gasteiger partial charge in [-0.1, -0.05) is 19.8 Å². The van der Waals surface area contributed by atoms with E-state index in [4.69, 9.17) is 4.74 Å². The Labute approximate surface area is 104 Å². The van der Waals surface area contributed by atoms with E-state index in [1.807, 2.05) is 6.92 Å². The summed E-state index contributed by atoms with van der Waals surface area (Å²) in [5, 5.41) is 6.30. The van der Waals surface area contributed by atoms with Crippen molar-refractivity contribution in [2.24, 2.45) is 0 Å². The molecule has 2 N–H and O–H groups in total. The molecule has 0 aromatic heterocycles. The second-order valence-electron chi connectivity index (χ2n) is 4.84. The first kappa shape index (κ1) is 14.5. The fourth-order valence-electron chi connectivity index (χ4n) is 2.37. The number of hydrogen-bond acceptors (Lipinski definition) is 3. The van der Waals surface area contributed by atoms with Crippen molar-refractivity contribution in [2.45, 2.75) is 64.1 Å². The van der Waals surface area contributed by atoms with Crippen molar-refractivity contribution in [3.63, 3.8) is 0 Å². The molecule has 1 saturated carbocycles. The van der Waals surface area contributed by atoms with Crippen LogP contribution in [-0.4, -0.2) is 37.7 Å². The van der Waals surface area contributed by atoms with Crippen LogP contribution in [0.15, 0.2) is 0 Å². The quantitative estimate of drug-likeness (QED) is 0.741. The van der Waals surface area contributed by atoms with Crippen LogP contribution in [0.4, 0.5) is 0 Å². The third-order valence-electron chi connectivity index (χ3n) is 3.41. The summed E-state index contributed by atoms with van der Waals surface area (Å²) >= 11 is 0. The van der Waals surface area contributed by atoms with Crippen molar-refractivity contribution >= 4 is 5.91 Å². The number of hydrogen-bond donors (Lipinski definition) is 2. The van der Waals surface area contributed by atoms with Crippen LogP contribution in [0.2, 0.25) is 0 Å². The van der Waals surface area contributed by atoms with E-state index in [1.54, 1.807) is 7.11 Å². The molecule has 1 fully saturated rings. The van der Waals surface area contributed by atoms with Gasteiger partial charge in [-0.15, -0.1) is 0 Å². The smallest absolute Gasteiger partial charge is 0.236 e. The molecule has 4 nitrogen and oxygen atoms in total. The number of nitrogens with one attached hydrogen (secondary N) is 2. The molecule has 0 bridgehead atoms. The SMILES string of the molecule is CCCNC(=O)C(C)NC1CCCCC1OC. The minimum atomic E-state index is -0.137. The Bertz CT molecular complexity index is 233. The molecule has 1 amide bonds. The van der Waals surface area contributed by atoms with E-state index in [0.29, 0.717) is 6.04 Å². The van der Waals surface area contributed by atoms with Crippen LogP contribution in [0.1, 0.15) is 46.0 Å². The zero-order chi connectivity index (χ0) is 12.7. The van der Waals surface area contributed by atoms with Gasteiger partial charge in [0.15, 0.2) is 0 Å². The van der Waals surface area contributed by atoms with Gasteiger partial charge in [0, 0.05) is 19.7 Å². The molecule has 0 aliphatic heterocycles. The number of methoxy groups -OCH3 is 1. The molecule has 1 aliphatic carbocycles. The van der Waals surface area contributed by atoms with Gasteiger partial charge in [0.05, 0.1) is 12.1 Å². The molecular formula is C13H26N2O2. The average molecular weight is 242 g/mol. The molecule has 0 saturated heterocycles. The Morgan fingerprint density at radius 2 is 2.12 bits per heavy atom. The van der Waals surface area contributed by atoms with Crippen molar-refractivity contribution in [3.8, 4) is 0 Å². The highest BCUT2D eigenvalue weighted by Gasteiger charge is 2.27. The van der Waals surface area contributed by atoms with Crippen LogP contribution < -0.4 is 10.6 Å². The summed E-state index contributed by atoms with van der Waals surface area (Å²) in [6, 6.07) is 0.179. The van der Waals surface area contributed by atoms with E-state index in [-0.39, 0.29) is 18.1 Å². The lowest BCUT2D eigenvalue weighted by Gasteiger charge is -2.33. The average Bonchev–Trinajstić information content (AvgIpc) is 2.36. The minimum Gasteiger partial charge on any atom is -0.380 e. The zero-order valence-corrected chi connectivity index (χ0v) is 11.3. The normalized spacial score (nSPS) is 26.5. The summed E-state index contributed by atoms with van der Waals surface area (Å²) in [6.45, 7) is 4.73. The lowest BCUT2D eigenvalue weighted by molar-refractivity contribution is -0.123. The molecule has 1 aliphatic rings. The van der Waals surface area contributed by atoms with Crippen LogP contribution in [0.5, 0.6) is 0 Å². The summed E-state index contributed by atoms with van der Waals surface area (Å²) in [5.74, 6) is 0.0901. The Balaban J connectivity index is 2.37. The lowest BCUT2D eigenvalue weighted by Crippen LogP contribution is -2.52. The summed E-state index contributed by atoms with van der Waals surface area (Å²) in [4.78, 5) is 11.8. The van der Waals surface area contributed by atoms with E-state index in [1.165, 1.54) is 12.8 Å². The standard InChI is InChI=1S/C13H26N2O2/c1-4-9-14-13(16)10(2)15-11-7-5-6-8-12(11)17-3/h10-12,15H,4-9H2,1-3H3,(H,14,16). The van der Waals surface area contributed by atoms with Crippen molar-refractivity contribution in [1.82, 2.24) is 10.6 Å². The highest BCUT2D eigenvalue weighted by molar-refractivity contribution is 5.81. The molecule has 0 aromatic rings. The van der Waals surface area contributed by atoms with E-state index in [2.05, 4.69) is 17.6 Å². The Morgan fingerprint density at radius 1 is 1.41 bits per heavy atom. The summed E-state index contributed by atoms with van der Waals surface area (Å²) in [5.41, 5.74) is 0. The molecule has 0 radical (unpaired) electrons. The van der Waals surface area contributed by atoms with Crippen molar-refractivity contribution in [2.75, 3.05) is 13.7 Å². The van der Waals surface area contributed by atoms with Gasteiger partial charge in [-0.2, -0.15) is 0 Å². The molecule has 3 atom stereocenters. The third kappa shape index (κ3) is 4.64. The Hall–Kier alpha value is -0.610. The summed E-state index contributed by atoms with van der Waals surface area (Å²) in [7, 11) is 1.76. The molecule has 0 heterocycles. The monoisotopic (exact) mass is 242 g/mol. The molecule has 100 valence electrons. The molecule has 0 spiro atoms. The number of ether oxygens (including phenoxy) is 1. The minimum absolute atomic E-state index is 0.0901. The van der Waals surface area contributed by atoms with Crippen molar-refractivity contribution in [3.05, 3.63) is 0 Å². The fraction of sp³-hybridized carbons (Fsp3) is 0.923. The first-order chi connectivity index (χ1) is 8.19. The third-order valence-corrected chi connectivity index (χ3v) is 3.41. The second kappa shape index (κ2) is 7.67. The van der Waals surface area contributed by atoms with E-state index in [0.717, 1.165) is 25.8 Å². The van der Waals surface area contributed by atoms with Gasteiger partial charge < -0.3 is 15.4 Å². The van der Waals surface area contributed by atoms with Crippen LogP contribution in [-0.2, 0) is 9.53 Å². The first-order valence-electron chi connectivity index (χ1n) is 6.75. The van der Waals surface area contributed by atoms with Crippen LogP contribution in [0.3, 0.4) is 0 Å². The Morgan fingerprint density at radius 3 is 2.76 bits per heavy atom. The van der Waals surface area contributed by atoms with Crippen LogP contribution in [0, 0.1) is 0 Å². The second-order valence-corrected chi connectivity index (χ2v) is 4.84. The van der Waals surface area contributed by atoms with Gasteiger partial charge in [0.25, 0.3) is 0 Å². The summed E-state index contributed by atoms with van der Waals surface area (Å²) < 4.78 is 5.47. The van der Waals surface area contributed by atoms with Crippen molar-refractivity contribution in [1.29, 1.82) is 0 Å². The molecular weight excluding hydrogens is 216 g/mol. The largest absolute Gasteiger partial charge is 0.380 e. The van der Waals surface area contributed by atoms with Crippen molar-refractivity contribution < 1.29 is 9.53 Å². The predicted octanol–water partition coefficient (Wildman–Crippen LogP) is 1.45. The van der Waals surface area contributed by atoms with Gasteiger partial charge in [-0.25, -0.2) is 0 Å². The molecule has 17 heavy (non-hydrogen) atoms. The van der Waals surface area contributed by atoms with Gasteiger partial charge in [-0.05, 0) is 26.2 Å². The maximum absolute atomic E-state index is 11.8. The van der Waals surface area contributed by atoms with Crippen LogP contribution >= 0.6 is 0 Å². The predicted molar refractivity (Wildman–Crippen MR) is 69.0 cm³/mol. The van der Waals surface area contributed by atoms with Gasteiger partial charge in [0.2, 0.25) is 5.91 Å². The number of carbonyl (C=O) groups excluding carboxylic acids is 1. The summed E-state index contributed by atoms with van der Waals surface area (Å²) in [6.07, 6.45) is 5.88. The zero-order valence-electron chi connectivity index (χ0n) is 11.3. The fourth-order valence-corrected chi connectivity index (χ4v) is 2.37. The maximum atomic E-state index is 11.8. The van der Waals surface area contributed by atoms with E-state index in [9.17, 15) is 4.79 Å². The van der Waals surface area contributed by atoms with Crippen LogP contribution in [0.25, 0.3) is 0 Å². The van der Waals surface area contributed by atoms with Gasteiger partial charge >= 0.3 is 0 Å². The number of amides is 1. The van der Waals surface area contributed by atoms with E-state index < -0.39 is 0 Å².